The molecule has 0 amide bonds. The predicted octanol–water partition coefficient (Wildman–Crippen LogP) is 5.38. The maximum Gasteiger partial charge on any atom is 0.272 e. The van der Waals surface area contributed by atoms with E-state index in [9.17, 15) is 10.1 Å². The third-order valence-corrected chi connectivity index (χ3v) is 3.42. The molecular formula is C14H12Cl2N4O2. The lowest BCUT2D eigenvalue weighted by atomic mass is 10.3. The Bertz CT molecular complexity index is 707. The monoisotopic (exact) mass is 338 g/mol. The molecule has 0 atom stereocenters. The average molecular weight is 339 g/mol. The molecule has 0 unspecified atom stereocenters. The van der Waals surface area contributed by atoms with Crippen LogP contribution in [-0.2, 0) is 0 Å². The number of non-ortho nitro benzene ring substituents is 1. The molecule has 0 saturated carbocycles. The van der Waals surface area contributed by atoms with E-state index < -0.39 is 4.92 Å². The summed E-state index contributed by atoms with van der Waals surface area (Å²) in [6.07, 6.45) is 0. The SMILES string of the molecule is CN(C)c1ccc(/N=N/c2c(Cl)cc([N+](=O)[O-])cc2Cl)cc1. The first-order chi connectivity index (χ1) is 10.4. The van der Waals surface area contributed by atoms with Crippen LogP contribution in [0.2, 0.25) is 10.0 Å². The van der Waals surface area contributed by atoms with Crippen LogP contribution in [0.15, 0.2) is 46.6 Å². The molecule has 0 saturated heterocycles. The molecule has 0 aliphatic heterocycles. The normalized spacial score (nSPS) is 10.9. The summed E-state index contributed by atoms with van der Waals surface area (Å²) in [7, 11) is 3.87. The lowest BCUT2D eigenvalue weighted by molar-refractivity contribution is -0.384. The smallest absolute Gasteiger partial charge is 0.272 e. The third kappa shape index (κ3) is 3.72. The summed E-state index contributed by atoms with van der Waals surface area (Å²) in [5.74, 6) is 0. The van der Waals surface area contributed by atoms with Gasteiger partial charge in [0.15, 0.2) is 0 Å². The van der Waals surface area contributed by atoms with Gasteiger partial charge in [0.2, 0.25) is 0 Å². The van der Waals surface area contributed by atoms with E-state index in [0.29, 0.717) is 5.69 Å². The van der Waals surface area contributed by atoms with Gasteiger partial charge in [-0.1, -0.05) is 23.2 Å². The summed E-state index contributed by atoms with van der Waals surface area (Å²) >= 11 is 11.9. The van der Waals surface area contributed by atoms with Gasteiger partial charge in [0.25, 0.3) is 5.69 Å². The number of benzene rings is 2. The Labute approximate surface area is 137 Å². The fourth-order valence-corrected chi connectivity index (χ4v) is 2.23. The number of hydrogen-bond acceptors (Lipinski definition) is 5. The zero-order valence-electron chi connectivity index (χ0n) is 11.8. The van der Waals surface area contributed by atoms with Crippen molar-refractivity contribution in [3.8, 4) is 0 Å². The van der Waals surface area contributed by atoms with Crippen molar-refractivity contribution in [3.05, 3.63) is 56.6 Å². The first kappa shape index (κ1) is 16.2. The summed E-state index contributed by atoms with van der Waals surface area (Å²) in [5.41, 5.74) is 1.66. The third-order valence-electron chi connectivity index (χ3n) is 2.84. The Morgan fingerprint density at radius 3 is 2.05 bits per heavy atom. The number of hydrogen-bond donors (Lipinski definition) is 0. The Morgan fingerprint density at radius 1 is 1.05 bits per heavy atom. The van der Waals surface area contributed by atoms with Gasteiger partial charge in [-0.3, -0.25) is 10.1 Å². The summed E-state index contributed by atoms with van der Waals surface area (Å²) in [6.45, 7) is 0. The molecule has 0 aliphatic carbocycles. The Hall–Kier alpha value is -2.18. The second kappa shape index (κ2) is 6.72. The maximum absolute atomic E-state index is 10.7. The van der Waals surface area contributed by atoms with Crippen LogP contribution in [0.1, 0.15) is 0 Å². The highest BCUT2D eigenvalue weighted by Gasteiger charge is 2.14. The fourth-order valence-electron chi connectivity index (χ4n) is 1.68. The van der Waals surface area contributed by atoms with Crippen molar-refractivity contribution in [2.24, 2.45) is 10.2 Å². The van der Waals surface area contributed by atoms with Crippen LogP contribution in [-0.4, -0.2) is 19.0 Å². The van der Waals surface area contributed by atoms with Crippen molar-refractivity contribution < 1.29 is 4.92 Å². The molecule has 0 aromatic heterocycles. The van der Waals surface area contributed by atoms with Crippen LogP contribution < -0.4 is 4.90 Å². The van der Waals surface area contributed by atoms with Gasteiger partial charge in [-0.15, -0.1) is 5.11 Å². The van der Waals surface area contributed by atoms with Crippen molar-refractivity contribution >= 4 is 46.0 Å². The minimum Gasteiger partial charge on any atom is -0.378 e. The summed E-state index contributed by atoms with van der Waals surface area (Å²) in [5, 5.41) is 18.9. The molecule has 0 bridgehead atoms. The van der Waals surface area contributed by atoms with Crippen molar-refractivity contribution in [3.63, 3.8) is 0 Å². The van der Waals surface area contributed by atoms with Crippen LogP contribution >= 0.6 is 23.2 Å². The van der Waals surface area contributed by atoms with Crippen molar-refractivity contribution in [2.75, 3.05) is 19.0 Å². The number of nitro groups is 1. The predicted molar refractivity (Wildman–Crippen MR) is 88.1 cm³/mol. The van der Waals surface area contributed by atoms with Crippen molar-refractivity contribution in [1.29, 1.82) is 0 Å². The van der Waals surface area contributed by atoms with Gasteiger partial charge in [0.1, 0.15) is 5.69 Å². The van der Waals surface area contributed by atoms with Gasteiger partial charge >= 0.3 is 0 Å². The number of nitro benzene ring substituents is 1. The Balaban J connectivity index is 2.28. The fraction of sp³-hybridized carbons (Fsp3) is 0.143. The Kier molecular flexibility index (Phi) is 4.95. The molecular weight excluding hydrogens is 327 g/mol. The molecule has 114 valence electrons. The van der Waals surface area contributed by atoms with E-state index in [0.717, 1.165) is 5.69 Å². The number of rotatable bonds is 4. The zero-order valence-corrected chi connectivity index (χ0v) is 13.3. The number of halogens is 2. The van der Waals surface area contributed by atoms with E-state index in [1.807, 2.05) is 31.1 Å². The second-order valence-corrected chi connectivity index (χ2v) is 5.44. The van der Waals surface area contributed by atoms with Gasteiger partial charge in [-0.05, 0) is 24.3 Å². The summed E-state index contributed by atoms with van der Waals surface area (Å²) in [6, 6.07) is 9.77. The molecule has 2 aromatic carbocycles. The van der Waals surface area contributed by atoms with E-state index in [1.165, 1.54) is 12.1 Å². The first-order valence-corrected chi connectivity index (χ1v) is 6.96. The van der Waals surface area contributed by atoms with Gasteiger partial charge in [-0.25, -0.2) is 0 Å². The zero-order chi connectivity index (χ0) is 16.3. The van der Waals surface area contributed by atoms with E-state index in [2.05, 4.69) is 10.2 Å². The molecule has 2 rings (SSSR count). The number of azo groups is 1. The van der Waals surface area contributed by atoms with E-state index in [1.54, 1.807) is 12.1 Å². The quantitative estimate of drug-likeness (QED) is 0.426. The second-order valence-electron chi connectivity index (χ2n) is 4.63. The number of anilines is 1. The highest BCUT2D eigenvalue weighted by Crippen LogP contribution is 2.37. The summed E-state index contributed by atoms with van der Waals surface area (Å²) in [4.78, 5) is 12.1. The largest absolute Gasteiger partial charge is 0.378 e. The van der Waals surface area contributed by atoms with E-state index in [4.69, 9.17) is 23.2 Å². The van der Waals surface area contributed by atoms with Gasteiger partial charge < -0.3 is 4.90 Å². The minimum atomic E-state index is -0.571. The minimum absolute atomic E-state index is 0.0767. The lowest BCUT2D eigenvalue weighted by Gasteiger charge is -2.11. The van der Waals surface area contributed by atoms with Crippen LogP contribution in [0, 0.1) is 10.1 Å². The molecule has 8 heteroatoms. The maximum atomic E-state index is 10.7. The summed E-state index contributed by atoms with van der Waals surface area (Å²) < 4.78 is 0. The van der Waals surface area contributed by atoms with Crippen LogP contribution in [0.5, 0.6) is 0 Å². The molecule has 0 N–H and O–H groups in total. The standard InChI is InChI=1S/C14H12Cl2N4O2/c1-19(2)10-5-3-9(4-6-10)17-18-14-12(15)7-11(20(21)22)8-13(14)16/h3-8H,1-2H3/b18-17+. The highest BCUT2D eigenvalue weighted by atomic mass is 35.5. The van der Waals surface area contributed by atoms with E-state index in [-0.39, 0.29) is 21.4 Å². The van der Waals surface area contributed by atoms with Crippen LogP contribution in [0.4, 0.5) is 22.7 Å². The molecule has 22 heavy (non-hydrogen) atoms. The molecule has 6 nitrogen and oxygen atoms in total. The van der Waals surface area contributed by atoms with Gasteiger partial charge in [-0.2, -0.15) is 5.11 Å². The average Bonchev–Trinajstić information content (AvgIpc) is 2.46. The molecule has 0 heterocycles. The molecule has 0 radical (unpaired) electrons. The molecule has 2 aromatic rings. The molecule has 0 spiro atoms. The Morgan fingerprint density at radius 2 is 1.59 bits per heavy atom. The number of nitrogens with zero attached hydrogens (tertiary/aromatic N) is 4. The van der Waals surface area contributed by atoms with Crippen LogP contribution in [0.25, 0.3) is 0 Å². The van der Waals surface area contributed by atoms with Crippen LogP contribution in [0.3, 0.4) is 0 Å². The van der Waals surface area contributed by atoms with E-state index >= 15 is 0 Å². The van der Waals surface area contributed by atoms with Crippen molar-refractivity contribution in [2.45, 2.75) is 0 Å². The first-order valence-electron chi connectivity index (χ1n) is 6.21. The highest BCUT2D eigenvalue weighted by molar-refractivity contribution is 6.39. The molecule has 0 fully saturated rings. The topological polar surface area (TPSA) is 71.1 Å². The van der Waals surface area contributed by atoms with Crippen molar-refractivity contribution in [1.82, 2.24) is 0 Å². The lowest BCUT2D eigenvalue weighted by Crippen LogP contribution is -2.07. The van der Waals surface area contributed by atoms with Gasteiger partial charge in [0, 0.05) is 31.9 Å². The molecule has 0 aliphatic rings. The van der Waals surface area contributed by atoms with Gasteiger partial charge in [0.05, 0.1) is 20.7 Å².